The fourth-order valence-electron chi connectivity index (χ4n) is 1.40. The van der Waals surface area contributed by atoms with E-state index in [1.165, 1.54) is 11.1 Å². The molecule has 2 aromatic rings. The molecule has 0 saturated heterocycles. The van der Waals surface area contributed by atoms with Crippen LogP contribution < -0.4 is 4.68 Å². The number of aromatic nitrogens is 2. The fourth-order valence-corrected chi connectivity index (χ4v) is 1.40. The van der Waals surface area contributed by atoms with Gasteiger partial charge in [-0.2, -0.15) is 4.68 Å². The minimum atomic E-state index is 1.26. The lowest BCUT2D eigenvalue weighted by Crippen LogP contribution is -2.35. The maximum Gasteiger partial charge on any atom is 0.203 e. The molecule has 0 spiro atoms. The van der Waals surface area contributed by atoms with Crippen molar-refractivity contribution in [1.29, 1.82) is 0 Å². The van der Waals surface area contributed by atoms with Gasteiger partial charge in [-0.1, -0.05) is 30.3 Å². The second kappa shape index (κ2) is 3.05. The quantitative estimate of drug-likeness (QED) is 0.578. The largest absolute Gasteiger partial charge is 0.203 e. The zero-order chi connectivity index (χ0) is 9.26. The van der Waals surface area contributed by atoms with Crippen LogP contribution in [0.4, 0.5) is 0 Å². The fraction of sp³-hybridized carbons (Fsp3) is 0.182. The van der Waals surface area contributed by atoms with Crippen LogP contribution in [0.2, 0.25) is 0 Å². The summed E-state index contributed by atoms with van der Waals surface area (Å²) in [5.74, 6) is 0. The van der Waals surface area contributed by atoms with Crippen molar-refractivity contribution < 1.29 is 4.68 Å². The van der Waals surface area contributed by atoms with Crippen molar-refractivity contribution in [1.82, 2.24) is 4.68 Å². The number of rotatable bonds is 1. The summed E-state index contributed by atoms with van der Waals surface area (Å²) in [6, 6.07) is 10.4. The van der Waals surface area contributed by atoms with E-state index in [1.807, 2.05) is 20.2 Å². The molecule has 0 N–H and O–H groups in total. The van der Waals surface area contributed by atoms with Gasteiger partial charge in [0.15, 0.2) is 7.05 Å². The molecule has 0 atom stereocenters. The van der Waals surface area contributed by atoms with Gasteiger partial charge in [-0.15, -0.1) is 4.68 Å². The highest BCUT2D eigenvalue weighted by molar-refractivity contribution is 5.60. The molecule has 0 unspecified atom stereocenters. The summed E-state index contributed by atoms with van der Waals surface area (Å²) in [4.78, 5) is 0. The van der Waals surface area contributed by atoms with Gasteiger partial charge in [0, 0.05) is 0 Å². The zero-order valence-corrected chi connectivity index (χ0v) is 7.94. The van der Waals surface area contributed by atoms with E-state index in [-0.39, 0.29) is 0 Å². The first-order valence-electron chi connectivity index (χ1n) is 4.35. The minimum Gasteiger partial charge on any atom is -0.164 e. The normalized spacial score (nSPS) is 10.3. The second-order valence-electron chi connectivity index (χ2n) is 3.23. The molecular formula is C11H13N2+. The SMILES string of the molecule is Cn1cc(-c2ccccc2)c[n+]1C. The summed E-state index contributed by atoms with van der Waals surface area (Å²) < 4.78 is 4.12. The Hall–Kier alpha value is -1.57. The molecule has 0 saturated carbocycles. The van der Waals surface area contributed by atoms with Crippen molar-refractivity contribution in [2.24, 2.45) is 14.1 Å². The Morgan fingerprint density at radius 1 is 1.08 bits per heavy atom. The van der Waals surface area contributed by atoms with Crippen molar-refractivity contribution in [3.63, 3.8) is 0 Å². The van der Waals surface area contributed by atoms with Crippen LogP contribution in [0.5, 0.6) is 0 Å². The third-order valence-electron chi connectivity index (χ3n) is 2.26. The summed E-state index contributed by atoms with van der Waals surface area (Å²) in [6.07, 6.45) is 4.24. The summed E-state index contributed by atoms with van der Waals surface area (Å²) >= 11 is 0. The van der Waals surface area contributed by atoms with Crippen molar-refractivity contribution >= 4 is 0 Å². The van der Waals surface area contributed by atoms with E-state index in [0.29, 0.717) is 0 Å². The van der Waals surface area contributed by atoms with Gasteiger partial charge in [0.05, 0.1) is 18.8 Å². The summed E-state index contributed by atoms with van der Waals surface area (Å²) in [5.41, 5.74) is 2.52. The molecule has 0 amide bonds. The molecule has 1 aromatic heterocycles. The lowest BCUT2D eigenvalue weighted by molar-refractivity contribution is -0.751. The van der Waals surface area contributed by atoms with Gasteiger partial charge >= 0.3 is 0 Å². The highest BCUT2D eigenvalue weighted by Gasteiger charge is 2.06. The maximum atomic E-state index is 2.12. The molecular weight excluding hydrogens is 160 g/mol. The Balaban J connectivity index is 2.48. The van der Waals surface area contributed by atoms with Crippen LogP contribution in [-0.2, 0) is 14.1 Å². The van der Waals surface area contributed by atoms with Gasteiger partial charge in [-0.3, -0.25) is 0 Å². The smallest absolute Gasteiger partial charge is 0.164 e. The van der Waals surface area contributed by atoms with Gasteiger partial charge in [-0.25, -0.2) is 0 Å². The lowest BCUT2D eigenvalue weighted by atomic mass is 10.1. The Bertz CT molecular complexity index is 382. The topological polar surface area (TPSA) is 8.81 Å². The number of hydrogen-bond donors (Lipinski definition) is 0. The lowest BCUT2D eigenvalue weighted by Gasteiger charge is -1.90. The predicted molar refractivity (Wildman–Crippen MR) is 52.0 cm³/mol. The van der Waals surface area contributed by atoms with Gasteiger partial charge < -0.3 is 0 Å². The van der Waals surface area contributed by atoms with E-state index in [4.69, 9.17) is 0 Å². The summed E-state index contributed by atoms with van der Waals surface area (Å²) in [6.45, 7) is 0. The Kier molecular flexibility index (Phi) is 1.89. The van der Waals surface area contributed by atoms with Crippen LogP contribution >= 0.6 is 0 Å². The van der Waals surface area contributed by atoms with Crippen LogP contribution in [0.1, 0.15) is 0 Å². The zero-order valence-electron chi connectivity index (χ0n) is 7.94. The standard InChI is InChI=1S/C11H13N2/c1-12-8-11(9-13(12)2)10-6-4-3-5-7-10/h3-9H,1-2H3/q+1. The molecule has 1 aromatic carbocycles. The molecule has 0 bridgehead atoms. The number of nitrogens with zero attached hydrogens (tertiary/aromatic N) is 2. The Morgan fingerprint density at radius 3 is 2.31 bits per heavy atom. The molecule has 2 heteroatoms. The molecule has 13 heavy (non-hydrogen) atoms. The molecule has 0 aliphatic heterocycles. The first-order valence-corrected chi connectivity index (χ1v) is 4.35. The first-order chi connectivity index (χ1) is 6.27. The Labute approximate surface area is 78.0 Å². The average Bonchev–Trinajstić information content (AvgIpc) is 2.49. The molecule has 0 fully saturated rings. The molecule has 0 radical (unpaired) electrons. The highest BCUT2D eigenvalue weighted by atomic mass is 15.4. The van der Waals surface area contributed by atoms with Crippen LogP contribution in [0.3, 0.4) is 0 Å². The van der Waals surface area contributed by atoms with Gasteiger partial charge in [0.1, 0.15) is 0 Å². The summed E-state index contributed by atoms with van der Waals surface area (Å²) in [7, 11) is 4.07. The van der Waals surface area contributed by atoms with E-state index < -0.39 is 0 Å². The molecule has 66 valence electrons. The van der Waals surface area contributed by atoms with Crippen LogP contribution in [-0.4, -0.2) is 4.68 Å². The number of hydrogen-bond acceptors (Lipinski definition) is 0. The molecule has 0 aliphatic carbocycles. The van der Waals surface area contributed by atoms with E-state index >= 15 is 0 Å². The average molecular weight is 173 g/mol. The van der Waals surface area contributed by atoms with Crippen molar-refractivity contribution in [3.8, 4) is 11.1 Å². The van der Waals surface area contributed by atoms with E-state index in [0.717, 1.165) is 0 Å². The third kappa shape index (κ3) is 1.47. The van der Waals surface area contributed by atoms with Gasteiger partial charge in [0.2, 0.25) is 6.20 Å². The second-order valence-corrected chi connectivity index (χ2v) is 3.23. The van der Waals surface area contributed by atoms with E-state index in [1.54, 1.807) is 0 Å². The molecule has 1 heterocycles. The Morgan fingerprint density at radius 2 is 1.77 bits per heavy atom. The summed E-state index contributed by atoms with van der Waals surface area (Å²) in [5, 5.41) is 0. The molecule has 0 aliphatic rings. The molecule has 2 nitrogen and oxygen atoms in total. The van der Waals surface area contributed by atoms with Crippen LogP contribution in [0, 0.1) is 0 Å². The van der Waals surface area contributed by atoms with Crippen LogP contribution in [0.25, 0.3) is 11.1 Å². The first kappa shape index (κ1) is 8.05. The van der Waals surface area contributed by atoms with Gasteiger partial charge in [0.25, 0.3) is 0 Å². The van der Waals surface area contributed by atoms with Crippen molar-refractivity contribution in [3.05, 3.63) is 42.7 Å². The van der Waals surface area contributed by atoms with Crippen molar-refractivity contribution in [2.45, 2.75) is 0 Å². The minimum absolute atomic E-state index is 1.26. The van der Waals surface area contributed by atoms with E-state index in [9.17, 15) is 0 Å². The molecule has 2 rings (SSSR count). The number of aryl methyl sites for hydroxylation is 2. The maximum absolute atomic E-state index is 2.12. The predicted octanol–water partition coefficient (Wildman–Crippen LogP) is 1.52. The third-order valence-corrected chi connectivity index (χ3v) is 2.26. The van der Waals surface area contributed by atoms with E-state index in [2.05, 4.69) is 46.0 Å². The monoisotopic (exact) mass is 173 g/mol. The van der Waals surface area contributed by atoms with Gasteiger partial charge in [-0.05, 0) is 5.56 Å². The number of benzene rings is 1. The van der Waals surface area contributed by atoms with Crippen molar-refractivity contribution in [2.75, 3.05) is 0 Å². The highest BCUT2D eigenvalue weighted by Crippen LogP contribution is 2.15. The van der Waals surface area contributed by atoms with Crippen LogP contribution in [0.15, 0.2) is 42.7 Å².